The van der Waals surface area contributed by atoms with Gasteiger partial charge in [0, 0.05) is 5.56 Å². The lowest BCUT2D eigenvalue weighted by atomic mass is 10.1. The lowest BCUT2D eigenvalue weighted by molar-refractivity contribution is 0.0696. The molecule has 0 aromatic heterocycles. The molecule has 0 heterocycles. The van der Waals surface area contributed by atoms with Crippen molar-refractivity contribution in [1.82, 2.24) is 0 Å². The summed E-state index contributed by atoms with van der Waals surface area (Å²) in [5.74, 6) is -1.92. The van der Waals surface area contributed by atoms with Crippen LogP contribution in [-0.2, 0) is 0 Å². The average molecular weight is 287 g/mol. The molecule has 2 aromatic carbocycles. The minimum absolute atomic E-state index is 0.0534. The van der Waals surface area contributed by atoms with Crippen molar-refractivity contribution in [2.75, 3.05) is 5.32 Å². The van der Waals surface area contributed by atoms with Crippen LogP contribution in [0.5, 0.6) is 11.5 Å². The summed E-state index contributed by atoms with van der Waals surface area (Å²) in [6.07, 6.45) is 0. The topological polar surface area (TPSA) is 107 Å². The molecule has 21 heavy (non-hydrogen) atoms. The number of anilines is 1. The number of carbonyl (C=O) groups is 2. The molecule has 0 bridgehead atoms. The molecule has 1 amide bonds. The van der Waals surface area contributed by atoms with Gasteiger partial charge in [0.1, 0.15) is 11.5 Å². The maximum Gasteiger partial charge on any atom is 0.335 e. The van der Waals surface area contributed by atoms with Crippen LogP contribution in [0.4, 0.5) is 5.69 Å². The number of aromatic carboxylic acids is 1. The Morgan fingerprint density at radius 3 is 2.33 bits per heavy atom. The van der Waals surface area contributed by atoms with Gasteiger partial charge in [-0.1, -0.05) is 0 Å². The number of hydrogen-bond acceptors (Lipinski definition) is 4. The van der Waals surface area contributed by atoms with Gasteiger partial charge in [0.15, 0.2) is 0 Å². The molecule has 0 fully saturated rings. The predicted octanol–water partition coefficient (Wildman–Crippen LogP) is 2.36. The first kappa shape index (κ1) is 14.4. The van der Waals surface area contributed by atoms with Crippen molar-refractivity contribution in [3.63, 3.8) is 0 Å². The Bertz CT molecular complexity index is 724. The fraction of sp³-hybridized carbons (Fsp3) is 0.0667. The smallest absolute Gasteiger partial charge is 0.335 e. The Morgan fingerprint density at radius 1 is 1.05 bits per heavy atom. The molecule has 6 nitrogen and oxygen atoms in total. The molecule has 0 radical (unpaired) electrons. The predicted molar refractivity (Wildman–Crippen MR) is 75.9 cm³/mol. The van der Waals surface area contributed by atoms with Crippen molar-refractivity contribution in [3.05, 3.63) is 53.1 Å². The number of hydrogen-bond donors (Lipinski definition) is 4. The van der Waals surface area contributed by atoms with Gasteiger partial charge in [0.05, 0.1) is 11.3 Å². The van der Waals surface area contributed by atoms with Crippen LogP contribution >= 0.6 is 0 Å². The van der Waals surface area contributed by atoms with E-state index in [1.807, 2.05) is 0 Å². The van der Waals surface area contributed by atoms with Gasteiger partial charge in [-0.15, -0.1) is 0 Å². The van der Waals surface area contributed by atoms with Crippen LogP contribution in [0.2, 0.25) is 0 Å². The third kappa shape index (κ3) is 3.11. The van der Waals surface area contributed by atoms with Crippen molar-refractivity contribution in [3.8, 4) is 11.5 Å². The fourth-order valence-electron chi connectivity index (χ4n) is 1.86. The summed E-state index contributed by atoms with van der Waals surface area (Å²) in [5.41, 5.74) is 0.951. The van der Waals surface area contributed by atoms with Crippen molar-refractivity contribution >= 4 is 17.6 Å². The first-order chi connectivity index (χ1) is 9.88. The van der Waals surface area contributed by atoms with E-state index in [-0.39, 0.29) is 22.7 Å². The highest BCUT2D eigenvalue weighted by atomic mass is 16.4. The van der Waals surface area contributed by atoms with Gasteiger partial charge in [-0.25, -0.2) is 4.79 Å². The van der Waals surface area contributed by atoms with Crippen LogP contribution in [0, 0.1) is 6.92 Å². The molecule has 2 rings (SSSR count). The van der Waals surface area contributed by atoms with Crippen molar-refractivity contribution < 1.29 is 24.9 Å². The fourth-order valence-corrected chi connectivity index (χ4v) is 1.86. The number of carboxylic acids is 1. The second-order valence-corrected chi connectivity index (χ2v) is 4.49. The van der Waals surface area contributed by atoms with Gasteiger partial charge in [-0.3, -0.25) is 4.79 Å². The number of carboxylic acid groups (broad SMARTS) is 1. The Hall–Kier alpha value is -3.02. The summed E-state index contributed by atoms with van der Waals surface area (Å²) in [6.45, 7) is 1.67. The molecule has 108 valence electrons. The number of carbonyl (C=O) groups excluding carboxylic acids is 1. The number of rotatable bonds is 3. The summed E-state index contributed by atoms with van der Waals surface area (Å²) in [7, 11) is 0. The van der Waals surface area contributed by atoms with E-state index in [0.29, 0.717) is 11.1 Å². The van der Waals surface area contributed by atoms with Crippen LogP contribution in [0.3, 0.4) is 0 Å². The minimum Gasteiger partial charge on any atom is -0.508 e. The third-order valence-electron chi connectivity index (χ3n) is 2.95. The summed E-state index contributed by atoms with van der Waals surface area (Å²) in [4.78, 5) is 22.9. The normalized spacial score (nSPS) is 10.1. The molecule has 0 aliphatic carbocycles. The van der Waals surface area contributed by atoms with Gasteiger partial charge >= 0.3 is 5.97 Å². The Morgan fingerprint density at radius 2 is 1.76 bits per heavy atom. The zero-order chi connectivity index (χ0) is 15.6. The molecule has 0 saturated carbocycles. The molecule has 0 unspecified atom stereocenters. The first-order valence-electron chi connectivity index (χ1n) is 6.06. The minimum atomic E-state index is -1.17. The second kappa shape index (κ2) is 5.54. The molecule has 0 atom stereocenters. The van der Waals surface area contributed by atoms with E-state index < -0.39 is 11.9 Å². The summed E-state index contributed by atoms with van der Waals surface area (Å²) in [6, 6.07) is 7.94. The van der Waals surface area contributed by atoms with Gasteiger partial charge < -0.3 is 20.6 Å². The SMILES string of the molecule is Cc1cc(O)ccc1C(=O)Nc1ccc(C(=O)O)cc1O. The lowest BCUT2D eigenvalue weighted by Gasteiger charge is -2.10. The summed E-state index contributed by atoms with van der Waals surface area (Å²) in [5, 5.41) is 30.3. The van der Waals surface area contributed by atoms with Gasteiger partial charge in [-0.2, -0.15) is 0 Å². The zero-order valence-corrected chi connectivity index (χ0v) is 11.1. The van der Waals surface area contributed by atoms with E-state index in [4.69, 9.17) is 5.11 Å². The molecule has 4 N–H and O–H groups in total. The van der Waals surface area contributed by atoms with Crippen LogP contribution in [-0.4, -0.2) is 27.2 Å². The van der Waals surface area contributed by atoms with Crippen LogP contribution in [0.15, 0.2) is 36.4 Å². The molecule has 2 aromatic rings. The number of nitrogens with one attached hydrogen (secondary N) is 1. The zero-order valence-electron chi connectivity index (χ0n) is 11.1. The average Bonchev–Trinajstić information content (AvgIpc) is 2.40. The molecular weight excluding hydrogens is 274 g/mol. The highest BCUT2D eigenvalue weighted by Gasteiger charge is 2.13. The van der Waals surface area contributed by atoms with Gasteiger partial charge in [0.2, 0.25) is 0 Å². The van der Waals surface area contributed by atoms with Crippen molar-refractivity contribution in [2.24, 2.45) is 0 Å². The van der Waals surface area contributed by atoms with Crippen LogP contribution in [0.25, 0.3) is 0 Å². The summed E-state index contributed by atoms with van der Waals surface area (Å²) < 4.78 is 0. The number of amides is 1. The Balaban J connectivity index is 2.25. The van der Waals surface area contributed by atoms with E-state index in [1.54, 1.807) is 6.92 Å². The quantitative estimate of drug-likeness (QED) is 0.648. The van der Waals surface area contributed by atoms with E-state index in [2.05, 4.69) is 5.32 Å². The van der Waals surface area contributed by atoms with Crippen LogP contribution in [0.1, 0.15) is 26.3 Å². The van der Waals surface area contributed by atoms with E-state index in [0.717, 1.165) is 6.07 Å². The number of aromatic hydroxyl groups is 2. The largest absolute Gasteiger partial charge is 0.508 e. The molecule has 0 saturated heterocycles. The van der Waals surface area contributed by atoms with Crippen molar-refractivity contribution in [2.45, 2.75) is 6.92 Å². The van der Waals surface area contributed by atoms with Crippen molar-refractivity contribution in [1.29, 1.82) is 0 Å². The number of benzene rings is 2. The monoisotopic (exact) mass is 287 g/mol. The maximum atomic E-state index is 12.1. The highest BCUT2D eigenvalue weighted by molar-refractivity contribution is 6.06. The number of aryl methyl sites for hydroxylation is 1. The second-order valence-electron chi connectivity index (χ2n) is 4.49. The van der Waals surface area contributed by atoms with E-state index >= 15 is 0 Å². The maximum absolute atomic E-state index is 12.1. The van der Waals surface area contributed by atoms with E-state index in [9.17, 15) is 19.8 Å². The molecular formula is C15H13NO5. The Labute approximate surface area is 120 Å². The van der Waals surface area contributed by atoms with Crippen LogP contribution < -0.4 is 5.32 Å². The first-order valence-corrected chi connectivity index (χ1v) is 6.06. The lowest BCUT2D eigenvalue weighted by Crippen LogP contribution is -2.13. The molecule has 0 aliphatic rings. The molecule has 0 aliphatic heterocycles. The standard InChI is InChI=1S/C15H13NO5/c1-8-6-10(17)3-4-11(8)14(19)16-12-5-2-9(15(20)21)7-13(12)18/h2-7,17-18H,1H3,(H,16,19)(H,20,21). The Kier molecular flexibility index (Phi) is 3.80. The summed E-state index contributed by atoms with van der Waals surface area (Å²) >= 11 is 0. The molecule has 6 heteroatoms. The number of phenols is 2. The number of phenolic OH excluding ortho intramolecular Hbond substituents is 2. The van der Waals surface area contributed by atoms with E-state index in [1.165, 1.54) is 30.3 Å². The molecule has 0 spiro atoms. The third-order valence-corrected chi connectivity index (χ3v) is 2.95. The van der Waals surface area contributed by atoms with Gasteiger partial charge in [0.25, 0.3) is 5.91 Å². The van der Waals surface area contributed by atoms with Gasteiger partial charge in [-0.05, 0) is 48.9 Å². The highest BCUT2D eigenvalue weighted by Crippen LogP contribution is 2.25.